The lowest BCUT2D eigenvalue weighted by molar-refractivity contribution is -0.0192. The van der Waals surface area contributed by atoms with Crippen LogP contribution in [0.15, 0.2) is 18.2 Å². The van der Waals surface area contributed by atoms with Crippen LogP contribution >= 0.6 is 0 Å². The number of methoxy groups -OCH3 is 1. The maximum Gasteiger partial charge on any atom is 0.497 e. The van der Waals surface area contributed by atoms with Crippen molar-refractivity contribution in [1.29, 1.82) is 0 Å². The summed E-state index contributed by atoms with van der Waals surface area (Å²) < 4.78 is 31.4. The molecular formula is C17H23BFNO4. The van der Waals surface area contributed by atoms with E-state index in [0.717, 1.165) is 0 Å². The summed E-state index contributed by atoms with van der Waals surface area (Å²) in [4.78, 5) is 14.0. The van der Waals surface area contributed by atoms with Crippen LogP contribution in [0.3, 0.4) is 0 Å². The molecule has 0 unspecified atom stereocenters. The van der Waals surface area contributed by atoms with E-state index in [1.165, 1.54) is 6.07 Å². The number of rotatable bonds is 3. The number of hydrogen-bond donors (Lipinski definition) is 0. The highest BCUT2D eigenvalue weighted by molar-refractivity contribution is 6.62. The predicted octanol–water partition coefficient (Wildman–Crippen LogP) is 1.60. The molecule has 24 heavy (non-hydrogen) atoms. The third-order valence-corrected chi connectivity index (χ3v) is 5.22. The van der Waals surface area contributed by atoms with E-state index in [4.69, 9.17) is 14.0 Å². The Labute approximate surface area is 142 Å². The molecule has 2 heterocycles. The van der Waals surface area contributed by atoms with Gasteiger partial charge in [0.05, 0.1) is 17.3 Å². The quantitative estimate of drug-likeness (QED) is 0.788. The number of carbonyl (C=O) groups is 1. The molecular weight excluding hydrogens is 312 g/mol. The molecule has 0 bridgehead atoms. The molecule has 1 aromatic rings. The summed E-state index contributed by atoms with van der Waals surface area (Å²) in [5, 5.41) is 0. The predicted molar refractivity (Wildman–Crippen MR) is 88.8 cm³/mol. The van der Waals surface area contributed by atoms with Gasteiger partial charge in [-0.15, -0.1) is 0 Å². The Morgan fingerprint density at radius 3 is 2.33 bits per heavy atom. The van der Waals surface area contributed by atoms with Gasteiger partial charge in [-0.05, 0) is 39.8 Å². The molecule has 5 nitrogen and oxygen atoms in total. The van der Waals surface area contributed by atoms with Crippen molar-refractivity contribution in [3.05, 3.63) is 29.6 Å². The van der Waals surface area contributed by atoms with E-state index >= 15 is 0 Å². The van der Waals surface area contributed by atoms with Gasteiger partial charge < -0.3 is 18.9 Å². The standard InChI is InChI=1S/C17H23BFNO4/c1-16(2)17(3,4)24-18(23-16)13-7-6-11(8-14(13)19)15(21)20-9-12(10-20)22-5/h6-8,12H,9-10H2,1-5H3. The molecule has 2 aliphatic heterocycles. The minimum absolute atomic E-state index is 0.0721. The Kier molecular flexibility index (Phi) is 4.22. The van der Waals surface area contributed by atoms with E-state index in [2.05, 4.69) is 0 Å². The largest absolute Gasteiger partial charge is 0.497 e. The number of carbonyl (C=O) groups excluding carboxylic acids is 1. The van der Waals surface area contributed by atoms with Gasteiger partial charge in [0.2, 0.25) is 0 Å². The van der Waals surface area contributed by atoms with Crippen LogP contribution in [0.25, 0.3) is 0 Å². The Morgan fingerprint density at radius 2 is 1.83 bits per heavy atom. The molecule has 0 spiro atoms. The fourth-order valence-electron chi connectivity index (χ4n) is 2.76. The highest BCUT2D eigenvalue weighted by atomic mass is 19.1. The zero-order valence-electron chi connectivity index (χ0n) is 14.8. The number of nitrogens with zero attached hydrogens (tertiary/aromatic N) is 1. The van der Waals surface area contributed by atoms with E-state index in [1.807, 2.05) is 27.7 Å². The van der Waals surface area contributed by atoms with Crippen LogP contribution in [0, 0.1) is 5.82 Å². The second kappa shape index (κ2) is 5.83. The van der Waals surface area contributed by atoms with Crippen molar-refractivity contribution in [2.24, 2.45) is 0 Å². The third kappa shape index (κ3) is 2.85. The first kappa shape index (κ1) is 17.4. The number of benzene rings is 1. The fraction of sp³-hybridized carbons (Fsp3) is 0.588. The van der Waals surface area contributed by atoms with Gasteiger partial charge in [-0.2, -0.15) is 0 Å². The van der Waals surface area contributed by atoms with Crippen LogP contribution in [0.5, 0.6) is 0 Å². The summed E-state index contributed by atoms with van der Waals surface area (Å²) in [5.74, 6) is -0.689. The van der Waals surface area contributed by atoms with E-state index in [9.17, 15) is 9.18 Å². The molecule has 2 fully saturated rings. The van der Waals surface area contributed by atoms with E-state index in [1.54, 1.807) is 24.1 Å². The molecule has 2 saturated heterocycles. The topological polar surface area (TPSA) is 48.0 Å². The highest BCUT2D eigenvalue weighted by Gasteiger charge is 2.52. The summed E-state index contributed by atoms with van der Waals surface area (Å²) in [7, 11) is 0.840. The molecule has 1 amide bonds. The van der Waals surface area contributed by atoms with Gasteiger partial charge in [0.15, 0.2) is 0 Å². The summed E-state index contributed by atoms with van der Waals surface area (Å²) in [6.07, 6.45) is 0.0721. The fourth-order valence-corrected chi connectivity index (χ4v) is 2.76. The molecule has 1 aromatic carbocycles. The minimum atomic E-state index is -0.777. The van der Waals surface area contributed by atoms with Crippen molar-refractivity contribution in [2.75, 3.05) is 20.2 Å². The molecule has 2 aliphatic rings. The molecule has 0 atom stereocenters. The van der Waals surface area contributed by atoms with Crippen LogP contribution < -0.4 is 5.46 Å². The van der Waals surface area contributed by atoms with Crippen molar-refractivity contribution in [3.63, 3.8) is 0 Å². The van der Waals surface area contributed by atoms with E-state index in [-0.39, 0.29) is 12.0 Å². The average molecular weight is 335 g/mol. The zero-order chi connectivity index (χ0) is 17.7. The number of likely N-dealkylation sites (tertiary alicyclic amines) is 1. The Hall–Kier alpha value is -1.44. The van der Waals surface area contributed by atoms with Crippen LogP contribution in [0.2, 0.25) is 0 Å². The number of ether oxygens (including phenoxy) is 1. The molecule has 0 aliphatic carbocycles. The van der Waals surface area contributed by atoms with Gasteiger partial charge in [-0.25, -0.2) is 4.39 Å². The van der Waals surface area contributed by atoms with Gasteiger partial charge in [0.1, 0.15) is 5.82 Å². The third-order valence-electron chi connectivity index (χ3n) is 5.22. The van der Waals surface area contributed by atoms with Gasteiger partial charge in [-0.3, -0.25) is 4.79 Å². The lowest BCUT2D eigenvalue weighted by Crippen LogP contribution is -2.54. The van der Waals surface area contributed by atoms with Crippen LogP contribution in [0.4, 0.5) is 4.39 Å². The van der Waals surface area contributed by atoms with Crippen molar-refractivity contribution < 1.29 is 23.2 Å². The maximum absolute atomic E-state index is 14.5. The smallest absolute Gasteiger partial charge is 0.399 e. The normalized spacial score (nSPS) is 22.6. The molecule has 130 valence electrons. The molecule has 7 heteroatoms. The Balaban J connectivity index is 1.75. The van der Waals surface area contributed by atoms with Gasteiger partial charge >= 0.3 is 7.12 Å². The molecule has 0 radical (unpaired) electrons. The molecule has 3 rings (SSSR count). The second-order valence-corrected chi connectivity index (χ2v) is 7.39. The summed E-state index contributed by atoms with van der Waals surface area (Å²) in [6, 6.07) is 4.44. The van der Waals surface area contributed by atoms with E-state index in [0.29, 0.717) is 24.1 Å². The zero-order valence-corrected chi connectivity index (χ0v) is 14.8. The summed E-state index contributed by atoms with van der Waals surface area (Å²) >= 11 is 0. The SMILES string of the molecule is COC1CN(C(=O)c2ccc(B3OC(C)(C)C(C)(C)O3)c(F)c2)C1. The highest BCUT2D eigenvalue weighted by Crippen LogP contribution is 2.36. The van der Waals surface area contributed by atoms with Gasteiger partial charge in [0, 0.05) is 31.2 Å². The van der Waals surface area contributed by atoms with E-state index < -0.39 is 24.1 Å². The first-order valence-corrected chi connectivity index (χ1v) is 8.12. The molecule has 0 aromatic heterocycles. The molecule has 0 N–H and O–H groups in total. The van der Waals surface area contributed by atoms with Crippen molar-refractivity contribution in [3.8, 4) is 0 Å². The first-order chi connectivity index (χ1) is 11.1. The van der Waals surface area contributed by atoms with Crippen molar-refractivity contribution in [2.45, 2.75) is 45.0 Å². The number of hydrogen-bond acceptors (Lipinski definition) is 4. The number of amides is 1. The second-order valence-electron chi connectivity index (χ2n) is 7.39. The lowest BCUT2D eigenvalue weighted by atomic mass is 9.78. The monoisotopic (exact) mass is 335 g/mol. The van der Waals surface area contributed by atoms with Crippen molar-refractivity contribution >= 4 is 18.5 Å². The van der Waals surface area contributed by atoms with Gasteiger partial charge in [-0.1, -0.05) is 6.07 Å². The molecule has 0 saturated carbocycles. The summed E-state index contributed by atoms with van der Waals surface area (Å²) in [6.45, 7) is 8.74. The Bertz CT molecular complexity index is 642. The lowest BCUT2D eigenvalue weighted by Gasteiger charge is -2.38. The van der Waals surface area contributed by atoms with Crippen molar-refractivity contribution in [1.82, 2.24) is 4.90 Å². The van der Waals surface area contributed by atoms with Crippen LogP contribution in [0.1, 0.15) is 38.1 Å². The van der Waals surface area contributed by atoms with Crippen LogP contribution in [-0.2, 0) is 14.0 Å². The summed E-state index contributed by atoms with van der Waals surface area (Å²) in [5.41, 5.74) is -0.442. The average Bonchev–Trinajstić information content (AvgIpc) is 2.65. The number of halogens is 1. The Morgan fingerprint density at radius 1 is 1.25 bits per heavy atom. The van der Waals surface area contributed by atoms with Gasteiger partial charge in [0.25, 0.3) is 5.91 Å². The van der Waals surface area contributed by atoms with Crippen LogP contribution in [-0.4, -0.2) is 55.4 Å². The maximum atomic E-state index is 14.5. The first-order valence-electron chi connectivity index (χ1n) is 8.12. The minimum Gasteiger partial charge on any atom is -0.399 e.